The molecule has 1 fully saturated rings. The average molecular weight is 338 g/mol. The van der Waals surface area contributed by atoms with Crippen LogP contribution in [0.2, 0.25) is 0 Å². The van der Waals surface area contributed by atoms with Crippen LogP contribution < -0.4 is 5.32 Å². The topological polar surface area (TPSA) is 44.0 Å². The minimum absolute atomic E-state index is 0.515. The van der Waals surface area contributed by atoms with E-state index in [1.54, 1.807) is 6.20 Å². The van der Waals surface area contributed by atoms with Crippen molar-refractivity contribution >= 4 is 0 Å². The quantitative estimate of drug-likeness (QED) is 0.899. The van der Waals surface area contributed by atoms with Gasteiger partial charge >= 0.3 is 6.18 Å². The Morgan fingerprint density at radius 3 is 2.46 bits per heavy atom. The number of rotatable bonds is 4. The second-order valence-corrected chi connectivity index (χ2v) is 6.24. The van der Waals surface area contributed by atoms with Gasteiger partial charge in [-0.2, -0.15) is 18.3 Å². The number of aromatic nitrogens is 2. The summed E-state index contributed by atoms with van der Waals surface area (Å²) in [5.41, 5.74) is 1.86. The Bertz CT molecular complexity index is 657. The molecule has 7 heteroatoms. The van der Waals surface area contributed by atoms with Gasteiger partial charge in [0.05, 0.1) is 17.5 Å². The number of hydrogen-bond acceptors (Lipinski definition) is 3. The average Bonchev–Trinajstić information content (AvgIpc) is 3.03. The molecule has 0 spiro atoms. The van der Waals surface area contributed by atoms with Crippen molar-refractivity contribution < 1.29 is 13.2 Å². The van der Waals surface area contributed by atoms with Crippen LogP contribution in [-0.4, -0.2) is 41.3 Å². The maximum Gasteiger partial charge on any atom is 0.416 e. The third-order valence-electron chi connectivity index (χ3n) is 4.57. The standard InChI is InChI=1S/C17H21F3N4/c1-24(15-6-8-21-9-7-15)11-13-10-22-23-16(13)12-2-4-14(5-3-12)17(18,19)20/h2-5,10,15,21H,6-9,11H2,1H3,(H,22,23). The van der Waals surface area contributed by atoms with E-state index in [1.165, 1.54) is 12.1 Å². The second kappa shape index (κ2) is 6.94. The van der Waals surface area contributed by atoms with Crippen LogP contribution in [0, 0.1) is 0 Å². The molecule has 0 saturated carbocycles. The molecule has 2 aromatic rings. The number of benzene rings is 1. The van der Waals surface area contributed by atoms with Crippen LogP contribution in [0.25, 0.3) is 11.3 Å². The van der Waals surface area contributed by atoms with E-state index in [0.29, 0.717) is 11.6 Å². The van der Waals surface area contributed by atoms with Gasteiger partial charge in [0.25, 0.3) is 0 Å². The summed E-state index contributed by atoms with van der Waals surface area (Å²) in [6.45, 7) is 2.76. The maximum absolute atomic E-state index is 12.7. The molecule has 0 atom stereocenters. The van der Waals surface area contributed by atoms with Crippen molar-refractivity contribution in [3.63, 3.8) is 0 Å². The normalized spacial score (nSPS) is 16.7. The van der Waals surface area contributed by atoms with Gasteiger partial charge in [0.15, 0.2) is 0 Å². The third kappa shape index (κ3) is 3.79. The smallest absolute Gasteiger partial charge is 0.317 e. The summed E-state index contributed by atoms with van der Waals surface area (Å²) >= 11 is 0. The van der Waals surface area contributed by atoms with Crippen molar-refractivity contribution in [3.8, 4) is 11.3 Å². The predicted octanol–water partition coefficient (Wildman–Crippen LogP) is 3.28. The Balaban J connectivity index is 1.75. The zero-order valence-corrected chi connectivity index (χ0v) is 13.5. The van der Waals surface area contributed by atoms with Gasteiger partial charge in [-0.25, -0.2) is 0 Å². The van der Waals surface area contributed by atoms with Gasteiger partial charge in [-0.3, -0.25) is 10.00 Å². The van der Waals surface area contributed by atoms with Gasteiger partial charge < -0.3 is 5.32 Å². The SMILES string of the molecule is CN(Cc1cn[nH]c1-c1ccc(C(F)(F)F)cc1)C1CCNCC1. The van der Waals surface area contributed by atoms with E-state index < -0.39 is 11.7 Å². The molecule has 1 aliphatic heterocycles. The van der Waals surface area contributed by atoms with Gasteiger partial charge in [-0.15, -0.1) is 0 Å². The molecule has 24 heavy (non-hydrogen) atoms. The number of aromatic amines is 1. The number of piperidine rings is 1. The van der Waals surface area contributed by atoms with E-state index >= 15 is 0 Å². The molecule has 0 bridgehead atoms. The number of H-pyrrole nitrogens is 1. The summed E-state index contributed by atoms with van der Waals surface area (Å²) in [7, 11) is 2.08. The first-order valence-electron chi connectivity index (χ1n) is 8.06. The summed E-state index contributed by atoms with van der Waals surface area (Å²) in [5.74, 6) is 0. The summed E-state index contributed by atoms with van der Waals surface area (Å²) in [6, 6.07) is 5.71. The molecule has 2 heterocycles. The van der Waals surface area contributed by atoms with E-state index in [-0.39, 0.29) is 0 Å². The highest BCUT2D eigenvalue weighted by molar-refractivity contribution is 5.63. The van der Waals surface area contributed by atoms with Gasteiger partial charge in [0.1, 0.15) is 0 Å². The van der Waals surface area contributed by atoms with Gasteiger partial charge in [-0.1, -0.05) is 12.1 Å². The van der Waals surface area contributed by atoms with E-state index in [0.717, 1.165) is 55.9 Å². The fourth-order valence-corrected chi connectivity index (χ4v) is 3.15. The Morgan fingerprint density at radius 2 is 1.83 bits per heavy atom. The lowest BCUT2D eigenvalue weighted by atomic mass is 10.0. The lowest BCUT2D eigenvalue weighted by Crippen LogP contribution is -2.40. The highest BCUT2D eigenvalue weighted by Crippen LogP contribution is 2.31. The van der Waals surface area contributed by atoms with E-state index in [2.05, 4.69) is 27.5 Å². The minimum atomic E-state index is -4.31. The molecule has 0 aliphatic carbocycles. The molecule has 1 aromatic carbocycles. The lowest BCUT2D eigenvalue weighted by molar-refractivity contribution is -0.137. The first kappa shape index (κ1) is 17.0. The van der Waals surface area contributed by atoms with Gasteiger partial charge in [0.2, 0.25) is 0 Å². The van der Waals surface area contributed by atoms with Crippen molar-refractivity contribution in [1.82, 2.24) is 20.4 Å². The molecule has 0 amide bonds. The van der Waals surface area contributed by atoms with Gasteiger partial charge in [0, 0.05) is 18.2 Å². The van der Waals surface area contributed by atoms with Crippen LogP contribution >= 0.6 is 0 Å². The predicted molar refractivity (Wildman–Crippen MR) is 86.4 cm³/mol. The molecular weight excluding hydrogens is 317 g/mol. The Kier molecular flexibility index (Phi) is 4.91. The molecule has 0 unspecified atom stereocenters. The summed E-state index contributed by atoms with van der Waals surface area (Å²) < 4.78 is 38.1. The second-order valence-electron chi connectivity index (χ2n) is 6.24. The fourth-order valence-electron chi connectivity index (χ4n) is 3.15. The molecule has 1 saturated heterocycles. The first-order valence-corrected chi connectivity index (χ1v) is 8.06. The van der Waals surface area contributed by atoms with Crippen molar-refractivity contribution in [2.75, 3.05) is 20.1 Å². The van der Waals surface area contributed by atoms with E-state index in [1.807, 2.05) is 0 Å². The van der Waals surface area contributed by atoms with Gasteiger partial charge in [-0.05, 0) is 50.7 Å². The largest absolute Gasteiger partial charge is 0.416 e. The lowest BCUT2D eigenvalue weighted by Gasteiger charge is -2.31. The molecule has 1 aromatic heterocycles. The summed E-state index contributed by atoms with van der Waals surface area (Å²) in [4.78, 5) is 2.29. The number of halogens is 3. The molecular formula is C17H21F3N4. The zero-order valence-electron chi connectivity index (χ0n) is 13.5. The molecule has 3 rings (SSSR count). The van der Waals surface area contributed by atoms with Crippen LogP contribution in [-0.2, 0) is 12.7 Å². The number of hydrogen-bond donors (Lipinski definition) is 2. The van der Waals surface area contributed by atoms with Crippen molar-refractivity contribution in [2.45, 2.75) is 31.6 Å². The highest BCUT2D eigenvalue weighted by Gasteiger charge is 2.30. The number of nitrogens with one attached hydrogen (secondary N) is 2. The summed E-state index contributed by atoms with van der Waals surface area (Å²) in [6.07, 6.45) is -0.358. The number of nitrogens with zero attached hydrogens (tertiary/aromatic N) is 2. The third-order valence-corrected chi connectivity index (χ3v) is 4.57. The molecule has 0 radical (unpaired) electrons. The summed E-state index contributed by atoms with van der Waals surface area (Å²) in [5, 5.41) is 10.3. The van der Waals surface area contributed by atoms with Crippen LogP contribution in [0.1, 0.15) is 24.0 Å². The molecule has 4 nitrogen and oxygen atoms in total. The number of alkyl halides is 3. The molecule has 130 valence electrons. The van der Waals surface area contributed by atoms with Crippen molar-refractivity contribution in [1.29, 1.82) is 0 Å². The fraction of sp³-hybridized carbons (Fsp3) is 0.471. The Morgan fingerprint density at radius 1 is 1.17 bits per heavy atom. The van der Waals surface area contributed by atoms with Crippen LogP contribution in [0.3, 0.4) is 0 Å². The van der Waals surface area contributed by atoms with Crippen molar-refractivity contribution in [2.24, 2.45) is 0 Å². The van der Waals surface area contributed by atoms with E-state index in [9.17, 15) is 13.2 Å². The van der Waals surface area contributed by atoms with Crippen LogP contribution in [0.4, 0.5) is 13.2 Å². The highest BCUT2D eigenvalue weighted by atomic mass is 19.4. The maximum atomic E-state index is 12.7. The monoisotopic (exact) mass is 338 g/mol. The molecule has 1 aliphatic rings. The van der Waals surface area contributed by atoms with Crippen LogP contribution in [0.5, 0.6) is 0 Å². The minimum Gasteiger partial charge on any atom is -0.317 e. The molecule has 2 N–H and O–H groups in total. The first-order chi connectivity index (χ1) is 11.4. The Labute approximate surface area is 139 Å². The van der Waals surface area contributed by atoms with Crippen LogP contribution in [0.15, 0.2) is 30.5 Å². The van der Waals surface area contributed by atoms with E-state index in [4.69, 9.17) is 0 Å². The Hall–Kier alpha value is -1.86. The zero-order chi connectivity index (χ0) is 17.2. The van der Waals surface area contributed by atoms with Crippen molar-refractivity contribution in [3.05, 3.63) is 41.6 Å².